The van der Waals surface area contributed by atoms with Gasteiger partial charge >= 0.3 is 17.9 Å². The van der Waals surface area contributed by atoms with Crippen molar-refractivity contribution in [3.63, 3.8) is 0 Å². The molecule has 268 valence electrons. The molecule has 5 aliphatic rings. The van der Waals surface area contributed by atoms with Crippen LogP contribution < -0.4 is 0 Å². The third-order valence-corrected chi connectivity index (χ3v) is 14.3. The third-order valence-electron chi connectivity index (χ3n) is 14.3. The Balaban J connectivity index is 1.56. The first-order chi connectivity index (χ1) is 22.1. The van der Waals surface area contributed by atoms with E-state index in [0.717, 1.165) is 50.5 Å². The van der Waals surface area contributed by atoms with Crippen molar-refractivity contribution in [2.24, 2.45) is 56.2 Å². The first-order valence-electron chi connectivity index (χ1n) is 18.2. The maximum Gasteiger partial charge on any atom is 0.326 e. The lowest BCUT2D eigenvalue weighted by atomic mass is 9.32. The van der Waals surface area contributed by atoms with Crippen LogP contribution >= 0.6 is 0 Å². The van der Waals surface area contributed by atoms with E-state index in [1.807, 2.05) is 13.8 Å². The van der Waals surface area contributed by atoms with Crippen molar-refractivity contribution < 1.29 is 38.1 Å². The number of allylic oxidation sites excluding steroid dienone is 2. The number of ether oxygens (including phenoxy) is 4. The van der Waals surface area contributed by atoms with Crippen LogP contribution in [0.5, 0.6) is 0 Å². The van der Waals surface area contributed by atoms with Gasteiger partial charge in [-0.25, -0.2) is 0 Å². The summed E-state index contributed by atoms with van der Waals surface area (Å²) in [6, 6.07) is 0. The number of esters is 3. The Morgan fingerprint density at radius 3 is 2.12 bits per heavy atom. The van der Waals surface area contributed by atoms with Crippen LogP contribution in [0.2, 0.25) is 0 Å². The largest absolute Gasteiger partial charge is 0.499 e. The zero-order valence-corrected chi connectivity index (χ0v) is 31.6. The summed E-state index contributed by atoms with van der Waals surface area (Å²) in [5.41, 5.74) is -0.725. The van der Waals surface area contributed by atoms with Crippen molar-refractivity contribution in [2.75, 3.05) is 13.9 Å². The molecule has 0 radical (unpaired) electrons. The highest BCUT2D eigenvalue weighted by atomic mass is 16.7. The molecule has 0 aliphatic heterocycles. The van der Waals surface area contributed by atoms with Gasteiger partial charge in [-0.05, 0) is 118 Å². The molecule has 0 aromatic rings. The Labute approximate surface area is 288 Å². The summed E-state index contributed by atoms with van der Waals surface area (Å²) >= 11 is 0. The number of hydrogen-bond acceptors (Lipinski definition) is 8. The molecular weight excluding hydrogens is 608 g/mol. The van der Waals surface area contributed by atoms with Gasteiger partial charge in [-0.2, -0.15) is 0 Å². The summed E-state index contributed by atoms with van der Waals surface area (Å²) in [7, 11) is 1.52. The van der Waals surface area contributed by atoms with Gasteiger partial charge in [0, 0.05) is 24.0 Å². The molecule has 4 fully saturated rings. The molecule has 0 bridgehead atoms. The quantitative estimate of drug-likeness (QED) is 0.206. The zero-order chi connectivity index (χ0) is 35.8. The summed E-state index contributed by atoms with van der Waals surface area (Å²) in [5.74, 6) is -0.222. The molecule has 5 rings (SSSR count). The Kier molecular flexibility index (Phi) is 9.16. The Hall–Kier alpha value is -2.64. The minimum Gasteiger partial charge on any atom is -0.499 e. The van der Waals surface area contributed by atoms with Crippen molar-refractivity contribution in [1.82, 2.24) is 0 Å². The monoisotopic (exact) mass is 668 g/mol. The number of fused-ring (bicyclic) bond motifs is 7. The lowest BCUT2D eigenvalue weighted by molar-refractivity contribution is -0.233. The molecule has 8 heteroatoms. The Morgan fingerprint density at radius 1 is 0.875 bits per heavy atom. The molecule has 5 aliphatic carbocycles. The molecule has 0 aromatic carbocycles. The zero-order valence-electron chi connectivity index (χ0n) is 31.6. The van der Waals surface area contributed by atoms with E-state index in [1.54, 1.807) is 20.8 Å². The fourth-order valence-corrected chi connectivity index (χ4v) is 11.9. The predicted molar refractivity (Wildman–Crippen MR) is 182 cm³/mol. The minimum absolute atomic E-state index is 0.0251. The van der Waals surface area contributed by atoms with E-state index in [4.69, 9.17) is 18.9 Å². The molecule has 0 amide bonds. The number of hydrogen-bond donors (Lipinski definition) is 0. The van der Waals surface area contributed by atoms with E-state index >= 15 is 0 Å². The average Bonchev–Trinajstić information content (AvgIpc) is 2.97. The van der Waals surface area contributed by atoms with Gasteiger partial charge in [0.2, 0.25) is 6.79 Å². The molecule has 0 N–H and O–H groups in total. The van der Waals surface area contributed by atoms with Crippen molar-refractivity contribution in [3.8, 4) is 0 Å². The number of carbonyl (C=O) groups is 4. The Bertz CT molecular complexity index is 1430. The van der Waals surface area contributed by atoms with E-state index < -0.39 is 29.6 Å². The Morgan fingerprint density at radius 2 is 1.54 bits per heavy atom. The van der Waals surface area contributed by atoms with Crippen molar-refractivity contribution >= 4 is 23.7 Å². The first-order valence-corrected chi connectivity index (χ1v) is 18.2. The van der Waals surface area contributed by atoms with Gasteiger partial charge in [-0.3, -0.25) is 19.2 Å². The van der Waals surface area contributed by atoms with Crippen molar-refractivity contribution in [3.05, 3.63) is 23.0 Å². The molecule has 8 nitrogen and oxygen atoms in total. The van der Waals surface area contributed by atoms with E-state index in [1.165, 1.54) is 20.1 Å². The molecular formula is C40H60O8. The normalized spacial score (nSPS) is 38.9. The molecule has 48 heavy (non-hydrogen) atoms. The highest BCUT2D eigenvalue weighted by Gasteiger charge is 2.71. The summed E-state index contributed by atoms with van der Waals surface area (Å²) in [6.45, 7) is 22.3. The second-order valence-corrected chi connectivity index (χ2v) is 18.3. The molecule has 0 aromatic heterocycles. The highest BCUT2D eigenvalue weighted by molar-refractivity contribution is 6.09. The molecule has 0 saturated heterocycles. The van der Waals surface area contributed by atoms with Crippen LogP contribution in [0.3, 0.4) is 0 Å². The van der Waals surface area contributed by atoms with Crippen LogP contribution in [0.15, 0.2) is 23.0 Å². The maximum absolute atomic E-state index is 14.5. The first kappa shape index (κ1) is 36.6. The minimum atomic E-state index is -1.25. The van der Waals surface area contributed by atoms with Crippen LogP contribution in [0, 0.1) is 56.2 Å². The van der Waals surface area contributed by atoms with Crippen LogP contribution in [-0.2, 0) is 38.1 Å². The third kappa shape index (κ3) is 5.20. The van der Waals surface area contributed by atoms with Gasteiger partial charge in [0.25, 0.3) is 0 Å². The second kappa shape index (κ2) is 12.0. The lowest BCUT2D eigenvalue weighted by Gasteiger charge is -2.72. The molecule has 0 spiro atoms. The van der Waals surface area contributed by atoms with Gasteiger partial charge in [0.05, 0.1) is 12.5 Å². The van der Waals surface area contributed by atoms with Crippen LogP contribution in [0.1, 0.15) is 128 Å². The molecule has 0 heterocycles. The number of methoxy groups -OCH3 is 1. The van der Waals surface area contributed by atoms with Gasteiger partial charge in [0.15, 0.2) is 5.78 Å². The second-order valence-electron chi connectivity index (χ2n) is 18.3. The van der Waals surface area contributed by atoms with E-state index in [2.05, 4.69) is 34.6 Å². The standard InChI is InChI=1S/C40H60O8/c1-23(2)31-26(42)21-30(45-12)40(34(44)47-22-46-33(43)35(4,5)6)20-19-38(10)25(32(31)40)13-14-28-37(9)17-16-29(48-24(3)41)36(7,8)27(37)15-18-39(28,38)11/h21,23,25,27-29H,13-20,22H2,1-12H3/t25-,27+,28-,29+,37+,38-,39-,40-/m1/s1. The summed E-state index contributed by atoms with van der Waals surface area (Å²) < 4.78 is 23.0. The topological polar surface area (TPSA) is 105 Å². The van der Waals surface area contributed by atoms with Gasteiger partial charge in [0.1, 0.15) is 17.3 Å². The van der Waals surface area contributed by atoms with Crippen LogP contribution in [0.25, 0.3) is 0 Å². The summed E-state index contributed by atoms with van der Waals surface area (Å²) in [5, 5.41) is 0. The van der Waals surface area contributed by atoms with E-state index in [-0.39, 0.29) is 51.4 Å². The molecule has 8 atom stereocenters. The lowest BCUT2D eigenvalue weighted by Crippen LogP contribution is -2.66. The van der Waals surface area contributed by atoms with Gasteiger partial charge < -0.3 is 18.9 Å². The smallest absolute Gasteiger partial charge is 0.326 e. The SMILES string of the molecule is COC1=CC(=O)C(C(C)C)=C2[C@H]3CC[C@@H]4[C@@]5(C)CC[C@H](OC(C)=O)C(C)(C)[C@@H]5CC[C@@]4(C)[C@]3(C)CC[C@@]12C(=O)OCOC(=O)C(C)(C)C. The van der Waals surface area contributed by atoms with Crippen LogP contribution in [-0.4, -0.2) is 43.7 Å². The van der Waals surface area contributed by atoms with E-state index in [9.17, 15) is 19.2 Å². The van der Waals surface area contributed by atoms with Crippen LogP contribution in [0.4, 0.5) is 0 Å². The van der Waals surface area contributed by atoms with Crippen molar-refractivity contribution in [2.45, 2.75) is 134 Å². The highest BCUT2D eigenvalue weighted by Crippen LogP contribution is 2.76. The molecule has 4 saturated carbocycles. The number of rotatable bonds is 6. The fraction of sp³-hybridized carbons (Fsp3) is 0.800. The number of ketones is 1. The average molecular weight is 669 g/mol. The van der Waals surface area contributed by atoms with Gasteiger partial charge in [-0.15, -0.1) is 0 Å². The van der Waals surface area contributed by atoms with E-state index in [0.29, 0.717) is 29.6 Å². The number of carbonyl (C=O) groups excluding carboxylic acids is 4. The van der Waals surface area contributed by atoms with Gasteiger partial charge in [-0.1, -0.05) is 48.5 Å². The predicted octanol–water partition coefficient (Wildman–Crippen LogP) is 8.13. The summed E-state index contributed by atoms with van der Waals surface area (Å²) in [6.07, 6.45) is 8.43. The van der Waals surface area contributed by atoms with Crippen molar-refractivity contribution in [1.29, 1.82) is 0 Å². The fourth-order valence-electron chi connectivity index (χ4n) is 11.9. The summed E-state index contributed by atoms with van der Waals surface area (Å²) in [4.78, 5) is 53.0. The molecule has 0 unspecified atom stereocenters. The maximum atomic E-state index is 14.5.